The maximum Gasteiger partial charge on any atom is 0.293 e. The molecule has 1 N–H and O–H groups in total. The molecule has 8 heteroatoms. The third-order valence-corrected chi connectivity index (χ3v) is 6.52. The minimum atomic E-state index is -0.418. The molecule has 1 aliphatic rings. The molecule has 0 unspecified atom stereocenters. The Morgan fingerprint density at radius 2 is 1.71 bits per heavy atom. The number of amides is 1. The van der Waals surface area contributed by atoms with Crippen LogP contribution in [0.25, 0.3) is 22.6 Å². The molecule has 0 bridgehead atoms. The van der Waals surface area contributed by atoms with E-state index < -0.39 is 10.8 Å². The Morgan fingerprint density at radius 3 is 2.43 bits per heavy atom. The van der Waals surface area contributed by atoms with Crippen molar-refractivity contribution < 1.29 is 14.1 Å². The van der Waals surface area contributed by atoms with Crippen molar-refractivity contribution in [2.75, 3.05) is 23.3 Å². The highest BCUT2D eigenvalue weighted by Crippen LogP contribution is 2.32. The van der Waals surface area contributed by atoms with E-state index in [9.17, 15) is 14.9 Å². The number of benzene rings is 3. The van der Waals surface area contributed by atoms with Gasteiger partial charge in [-0.3, -0.25) is 14.9 Å². The van der Waals surface area contributed by atoms with Crippen LogP contribution in [0.4, 0.5) is 17.1 Å². The summed E-state index contributed by atoms with van der Waals surface area (Å²) >= 11 is 0. The van der Waals surface area contributed by atoms with Crippen LogP contribution < -0.4 is 10.2 Å². The first-order chi connectivity index (χ1) is 16.9. The lowest BCUT2D eigenvalue weighted by Crippen LogP contribution is -2.30. The van der Waals surface area contributed by atoms with Crippen molar-refractivity contribution in [3.05, 3.63) is 81.4 Å². The molecule has 35 heavy (non-hydrogen) atoms. The van der Waals surface area contributed by atoms with Crippen molar-refractivity contribution >= 4 is 34.1 Å². The summed E-state index contributed by atoms with van der Waals surface area (Å²) in [7, 11) is 0. The van der Waals surface area contributed by atoms with Crippen LogP contribution in [0.5, 0.6) is 0 Å². The van der Waals surface area contributed by atoms with Gasteiger partial charge in [-0.15, -0.1) is 0 Å². The molecule has 0 spiro atoms. The number of rotatable bonds is 5. The van der Waals surface area contributed by atoms with Gasteiger partial charge < -0.3 is 14.6 Å². The van der Waals surface area contributed by atoms with E-state index in [-0.39, 0.29) is 11.3 Å². The number of aryl methyl sites for hydroxylation is 2. The fourth-order valence-electron chi connectivity index (χ4n) is 4.42. The Labute approximate surface area is 202 Å². The van der Waals surface area contributed by atoms with E-state index in [1.807, 2.05) is 43.0 Å². The number of nitro groups is 1. The highest BCUT2D eigenvalue weighted by Gasteiger charge is 2.23. The molecule has 1 amide bonds. The summed E-state index contributed by atoms with van der Waals surface area (Å²) in [6.45, 7) is 5.65. The molecule has 1 saturated heterocycles. The molecule has 1 aliphatic heterocycles. The number of hydrogen-bond acceptors (Lipinski definition) is 6. The van der Waals surface area contributed by atoms with Gasteiger partial charge in [-0.1, -0.05) is 0 Å². The summed E-state index contributed by atoms with van der Waals surface area (Å²) in [5.41, 5.74) is 5.95. The zero-order valence-electron chi connectivity index (χ0n) is 19.7. The van der Waals surface area contributed by atoms with E-state index in [2.05, 4.69) is 10.3 Å². The van der Waals surface area contributed by atoms with E-state index in [1.54, 1.807) is 24.3 Å². The third-order valence-electron chi connectivity index (χ3n) is 6.52. The van der Waals surface area contributed by atoms with Crippen molar-refractivity contribution in [3.8, 4) is 11.5 Å². The lowest BCUT2D eigenvalue weighted by Gasteiger charge is -2.28. The first-order valence-electron chi connectivity index (χ1n) is 11.7. The van der Waals surface area contributed by atoms with Gasteiger partial charge in [-0.25, -0.2) is 4.98 Å². The molecule has 0 aliphatic carbocycles. The average Bonchev–Trinajstić information content (AvgIpc) is 3.27. The summed E-state index contributed by atoms with van der Waals surface area (Å²) in [4.78, 5) is 30.7. The lowest BCUT2D eigenvalue weighted by molar-refractivity contribution is -0.384. The summed E-state index contributed by atoms with van der Waals surface area (Å²) in [6, 6.07) is 15.8. The lowest BCUT2D eigenvalue weighted by atomic mass is 10.1. The number of nitrogens with zero attached hydrogens (tertiary/aromatic N) is 3. The van der Waals surface area contributed by atoms with Crippen LogP contribution in [0, 0.1) is 24.0 Å². The summed E-state index contributed by atoms with van der Waals surface area (Å²) < 4.78 is 5.91. The van der Waals surface area contributed by atoms with Crippen LogP contribution in [-0.2, 0) is 0 Å². The maximum atomic E-state index is 12.8. The molecule has 0 atom stereocenters. The number of hydrogen-bond donors (Lipinski definition) is 1. The fraction of sp³-hybridized carbons (Fsp3) is 0.259. The Morgan fingerprint density at radius 1 is 1.00 bits per heavy atom. The third kappa shape index (κ3) is 4.59. The maximum absolute atomic E-state index is 12.8. The van der Waals surface area contributed by atoms with Crippen LogP contribution in [0.15, 0.2) is 59.0 Å². The Kier molecular flexibility index (Phi) is 5.94. The first-order valence-corrected chi connectivity index (χ1v) is 11.7. The van der Waals surface area contributed by atoms with Gasteiger partial charge in [-0.05, 0) is 92.8 Å². The number of anilines is 2. The number of fused-ring (bicyclic) bond motifs is 1. The van der Waals surface area contributed by atoms with Gasteiger partial charge in [0.2, 0.25) is 5.89 Å². The minimum absolute atomic E-state index is 0.0451. The quantitative estimate of drug-likeness (QED) is 0.273. The van der Waals surface area contributed by atoms with Crippen LogP contribution in [0.1, 0.15) is 40.7 Å². The average molecular weight is 471 g/mol. The topological polar surface area (TPSA) is 102 Å². The molecule has 178 valence electrons. The van der Waals surface area contributed by atoms with Crippen molar-refractivity contribution in [2.24, 2.45) is 0 Å². The Bertz CT molecular complexity index is 1380. The van der Waals surface area contributed by atoms with Crippen LogP contribution in [-0.4, -0.2) is 28.9 Å². The van der Waals surface area contributed by atoms with E-state index >= 15 is 0 Å². The van der Waals surface area contributed by atoms with E-state index in [0.29, 0.717) is 17.3 Å². The van der Waals surface area contributed by atoms with Crippen molar-refractivity contribution in [1.29, 1.82) is 0 Å². The minimum Gasteiger partial charge on any atom is -0.436 e. The van der Waals surface area contributed by atoms with Gasteiger partial charge in [0.25, 0.3) is 11.6 Å². The number of carbonyl (C=O) groups excluding carboxylic acids is 1. The second kappa shape index (κ2) is 9.21. The molecule has 4 aromatic rings. The zero-order valence-corrected chi connectivity index (χ0v) is 19.7. The zero-order chi connectivity index (χ0) is 24.5. The van der Waals surface area contributed by atoms with Crippen molar-refractivity contribution in [2.45, 2.75) is 33.1 Å². The van der Waals surface area contributed by atoms with Crippen LogP contribution >= 0.6 is 0 Å². The highest BCUT2D eigenvalue weighted by atomic mass is 16.6. The molecule has 5 rings (SSSR count). The molecule has 1 aromatic heterocycles. The van der Waals surface area contributed by atoms with Crippen molar-refractivity contribution in [1.82, 2.24) is 4.98 Å². The van der Waals surface area contributed by atoms with Gasteiger partial charge in [-0.2, -0.15) is 0 Å². The number of nitrogens with one attached hydrogen (secondary N) is 1. The normalized spacial score (nSPS) is 13.7. The second-order valence-electron chi connectivity index (χ2n) is 8.96. The number of carbonyl (C=O) groups is 1. The van der Waals surface area contributed by atoms with Crippen molar-refractivity contribution in [3.63, 3.8) is 0 Å². The Balaban J connectivity index is 1.33. The number of nitro benzene ring substituents is 1. The molecule has 0 saturated carbocycles. The summed E-state index contributed by atoms with van der Waals surface area (Å²) in [5, 5.41) is 14.5. The molecule has 1 fully saturated rings. The van der Waals surface area contributed by atoms with Gasteiger partial charge in [0.15, 0.2) is 5.58 Å². The Hall–Kier alpha value is -4.20. The first kappa shape index (κ1) is 22.6. The van der Waals surface area contributed by atoms with Gasteiger partial charge in [0, 0.05) is 36.0 Å². The van der Waals surface area contributed by atoms with E-state index in [0.717, 1.165) is 60.1 Å². The fourth-order valence-corrected chi connectivity index (χ4v) is 4.42. The predicted molar refractivity (Wildman–Crippen MR) is 136 cm³/mol. The second-order valence-corrected chi connectivity index (χ2v) is 8.96. The SMILES string of the molecule is Cc1cc2nc(-c3ccc(NC(=O)c4ccc(N5CCCCC5)c([N+](=O)[O-])c4)cc3)oc2cc1C. The van der Waals surface area contributed by atoms with Crippen LogP contribution in [0.2, 0.25) is 0 Å². The summed E-state index contributed by atoms with van der Waals surface area (Å²) in [6.07, 6.45) is 3.16. The standard InChI is InChI=1S/C27H26N4O4/c1-17-14-22-25(15-18(17)2)35-27(29-22)19-6-9-21(10-7-19)28-26(32)20-8-11-23(24(16-20)31(33)34)30-12-4-3-5-13-30/h6-11,14-16H,3-5,12-13H2,1-2H3,(H,28,32). The van der Waals surface area contributed by atoms with Gasteiger partial charge >= 0.3 is 0 Å². The molecule has 2 heterocycles. The van der Waals surface area contributed by atoms with Crippen LogP contribution in [0.3, 0.4) is 0 Å². The summed E-state index contributed by atoms with van der Waals surface area (Å²) in [5.74, 6) is 0.102. The van der Waals surface area contributed by atoms with Gasteiger partial charge in [0.05, 0.1) is 4.92 Å². The monoisotopic (exact) mass is 470 g/mol. The van der Waals surface area contributed by atoms with E-state index in [4.69, 9.17) is 4.42 Å². The number of oxazole rings is 1. The van der Waals surface area contributed by atoms with E-state index in [1.165, 1.54) is 6.07 Å². The smallest absolute Gasteiger partial charge is 0.293 e. The molecular weight excluding hydrogens is 444 g/mol. The molecule has 3 aromatic carbocycles. The number of piperidine rings is 1. The largest absolute Gasteiger partial charge is 0.436 e. The van der Waals surface area contributed by atoms with Gasteiger partial charge in [0.1, 0.15) is 11.2 Å². The molecular formula is C27H26N4O4. The molecule has 8 nitrogen and oxygen atoms in total. The predicted octanol–water partition coefficient (Wildman–Crippen LogP) is 6.26. The molecule has 0 radical (unpaired) electrons. The highest BCUT2D eigenvalue weighted by molar-refractivity contribution is 6.05. The number of aromatic nitrogens is 1.